The first-order chi connectivity index (χ1) is 8.18. The van der Waals surface area contributed by atoms with Crippen LogP contribution in [0.25, 0.3) is 0 Å². The van der Waals surface area contributed by atoms with Crippen molar-refractivity contribution < 1.29 is 5.11 Å². The molecule has 0 fully saturated rings. The van der Waals surface area contributed by atoms with Crippen LogP contribution < -0.4 is 5.32 Å². The number of nitrogens with one attached hydrogen (secondary N) is 1. The molecule has 2 heteroatoms. The van der Waals surface area contributed by atoms with Crippen molar-refractivity contribution in [2.24, 2.45) is 0 Å². The Hall–Kier alpha value is -0.860. The summed E-state index contributed by atoms with van der Waals surface area (Å²) in [6.45, 7) is 5.05. The normalized spacial score (nSPS) is 25.4. The molecule has 94 valence electrons. The molecule has 1 aliphatic carbocycles. The van der Waals surface area contributed by atoms with Crippen molar-refractivity contribution in [3.63, 3.8) is 0 Å². The molecule has 2 nitrogen and oxygen atoms in total. The second kappa shape index (κ2) is 5.65. The Labute approximate surface area is 104 Å². The second-order valence-corrected chi connectivity index (χ2v) is 5.25. The van der Waals surface area contributed by atoms with Crippen LogP contribution in [0.3, 0.4) is 0 Å². The van der Waals surface area contributed by atoms with E-state index in [0.29, 0.717) is 12.0 Å². The van der Waals surface area contributed by atoms with Crippen molar-refractivity contribution in [3.05, 3.63) is 35.4 Å². The first-order valence-electron chi connectivity index (χ1n) is 6.68. The minimum Gasteiger partial charge on any atom is -0.393 e. The van der Waals surface area contributed by atoms with Gasteiger partial charge in [0.05, 0.1) is 6.10 Å². The van der Waals surface area contributed by atoms with Gasteiger partial charge in [0, 0.05) is 6.04 Å². The standard InChI is InChI=1S/C15H23NO/c1-11-7-8-15(16-10-9-12(2)17)14-6-4-3-5-13(11)14/h3-6,11-12,15-17H,7-10H2,1-2H3. The van der Waals surface area contributed by atoms with Crippen LogP contribution in [-0.2, 0) is 0 Å². The summed E-state index contributed by atoms with van der Waals surface area (Å²) in [6.07, 6.45) is 3.08. The maximum absolute atomic E-state index is 9.28. The topological polar surface area (TPSA) is 32.3 Å². The van der Waals surface area contributed by atoms with Crippen LogP contribution in [0.4, 0.5) is 0 Å². The largest absolute Gasteiger partial charge is 0.393 e. The Bertz CT molecular complexity index is 362. The third kappa shape index (κ3) is 3.08. The minimum atomic E-state index is -0.208. The van der Waals surface area contributed by atoms with E-state index in [2.05, 4.69) is 36.5 Å². The van der Waals surface area contributed by atoms with E-state index in [-0.39, 0.29) is 6.10 Å². The molecule has 0 aromatic heterocycles. The lowest BCUT2D eigenvalue weighted by Gasteiger charge is -2.30. The molecule has 1 aromatic carbocycles. The van der Waals surface area contributed by atoms with Gasteiger partial charge in [-0.05, 0) is 49.8 Å². The SMILES string of the molecule is CC(O)CCNC1CCC(C)c2ccccc21. The van der Waals surface area contributed by atoms with Gasteiger partial charge in [-0.1, -0.05) is 31.2 Å². The molecule has 2 N–H and O–H groups in total. The van der Waals surface area contributed by atoms with Crippen molar-refractivity contribution in [1.29, 1.82) is 0 Å². The van der Waals surface area contributed by atoms with Crippen LogP contribution >= 0.6 is 0 Å². The number of rotatable bonds is 4. The zero-order valence-electron chi connectivity index (χ0n) is 10.8. The van der Waals surface area contributed by atoms with Crippen molar-refractivity contribution >= 4 is 0 Å². The molecular formula is C15H23NO. The van der Waals surface area contributed by atoms with Gasteiger partial charge in [-0.15, -0.1) is 0 Å². The van der Waals surface area contributed by atoms with Crippen LogP contribution in [0.5, 0.6) is 0 Å². The molecule has 0 bridgehead atoms. The minimum absolute atomic E-state index is 0.208. The van der Waals surface area contributed by atoms with E-state index in [4.69, 9.17) is 0 Å². The summed E-state index contributed by atoms with van der Waals surface area (Å²) in [5.41, 5.74) is 2.95. The average Bonchev–Trinajstić information content (AvgIpc) is 2.32. The zero-order valence-corrected chi connectivity index (χ0v) is 10.8. The number of hydrogen-bond donors (Lipinski definition) is 2. The molecule has 0 heterocycles. The maximum Gasteiger partial charge on any atom is 0.0524 e. The van der Waals surface area contributed by atoms with Gasteiger partial charge >= 0.3 is 0 Å². The third-order valence-electron chi connectivity index (χ3n) is 3.74. The molecule has 2 rings (SSSR count). The second-order valence-electron chi connectivity index (χ2n) is 5.25. The van der Waals surface area contributed by atoms with E-state index in [0.717, 1.165) is 13.0 Å². The fourth-order valence-electron chi connectivity index (χ4n) is 2.68. The number of hydrogen-bond acceptors (Lipinski definition) is 2. The Morgan fingerprint density at radius 1 is 1.29 bits per heavy atom. The lowest BCUT2D eigenvalue weighted by molar-refractivity contribution is 0.181. The number of aliphatic hydroxyl groups is 1. The van der Waals surface area contributed by atoms with Crippen molar-refractivity contribution in [2.45, 2.75) is 51.2 Å². The Morgan fingerprint density at radius 2 is 2.00 bits per heavy atom. The van der Waals surface area contributed by atoms with Crippen molar-refractivity contribution in [3.8, 4) is 0 Å². The fourth-order valence-corrected chi connectivity index (χ4v) is 2.68. The maximum atomic E-state index is 9.28. The molecule has 0 spiro atoms. The van der Waals surface area contributed by atoms with E-state index in [1.54, 1.807) is 0 Å². The highest BCUT2D eigenvalue weighted by molar-refractivity contribution is 5.34. The fraction of sp³-hybridized carbons (Fsp3) is 0.600. The average molecular weight is 233 g/mol. The van der Waals surface area contributed by atoms with Crippen molar-refractivity contribution in [2.75, 3.05) is 6.54 Å². The van der Waals surface area contributed by atoms with E-state index < -0.39 is 0 Å². The molecule has 0 amide bonds. The van der Waals surface area contributed by atoms with Gasteiger partial charge in [-0.2, -0.15) is 0 Å². The van der Waals surface area contributed by atoms with Gasteiger partial charge in [0.2, 0.25) is 0 Å². The molecule has 1 aliphatic rings. The number of aliphatic hydroxyl groups excluding tert-OH is 1. The highest BCUT2D eigenvalue weighted by atomic mass is 16.3. The lowest BCUT2D eigenvalue weighted by Crippen LogP contribution is -2.28. The molecule has 0 aliphatic heterocycles. The van der Waals surface area contributed by atoms with Crippen LogP contribution in [0, 0.1) is 0 Å². The predicted molar refractivity (Wildman–Crippen MR) is 71.1 cm³/mol. The molecule has 3 atom stereocenters. The Morgan fingerprint density at radius 3 is 2.71 bits per heavy atom. The molecule has 0 saturated carbocycles. The number of benzene rings is 1. The quantitative estimate of drug-likeness (QED) is 0.838. The van der Waals surface area contributed by atoms with Gasteiger partial charge in [-0.25, -0.2) is 0 Å². The van der Waals surface area contributed by atoms with E-state index >= 15 is 0 Å². The van der Waals surface area contributed by atoms with Crippen molar-refractivity contribution in [1.82, 2.24) is 5.32 Å². The summed E-state index contributed by atoms with van der Waals surface area (Å²) in [7, 11) is 0. The lowest BCUT2D eigenvalue weighted by atomic mass is 9.81. The molecule has 1 aromatic rings. The Kier molecular flexibility index (Phi) is 4.19. The summed E-state index contributed by atoms with van der Waals surface area (Å²) in [5, 5.41) is 12.8. The first kappa shape index (κ1) is 12.6. The first-order valence-corrected chi connectivity index (χ1v) is 6.68. The summed E-state index contributed by atoms with van der Waals surface area (Å²) < 4.78 is 0. The van der Waals surface area contributed by atoms with Gasteiger partial charge in [0.15, 0.2) is 0 Å². The van der Waals surface area contributed by atoms with Crippen LogP contribution in [-0.4, -0.2) is 17.8 Å². The Balaban J connectivity index is 2.03. The third-order valence-corrected chi connectivity index (χ3v) is 3.74. The molecule has 0 radical (unpaired) electrons. The van der Waals surface area contributed by atoms with Gasteiger partial charge < -0.3 is 10.4 Å². The molecule has 17 heavy (non-hydrogen) atoms. The van der Waals surface area contributed by atoms with E-state index in [1.165, 1.54) is 24.0 Å². The van der Waals surface area contributed by atoms with Crippen LogP contribution in [0.15, 0.2) is 24.3 Å². The summed E-state index contributed by atoms with van der Waals surface area (Å²) in [6, 6.07) is 9.22. The predicted octanol–water partition coefficient (Wildman–Crippen LogP) is 2.99. The monoisotopic (exact) mass is 233 g/mol. The van der Waals surface area contributed by atoms with E-state index in [9.17, 15) is 5.11 Å². The zero-order chi connectivity index (χ0) is 12.3. The van der Waals surface area contributed by atoms with Crippen LogP contribution in [0.1, 0.15) is 56.2 Å². The number of fused-ring (bicyclic) bond motifs is 1. The summed E-state index contributed by atoms with van der Waals surface area (Å²) in [4.78, 5) is 0. The summed E-state index contributed by atoms with van der Waals surface area (Å²) in [5.74, 6) is 0.681. The van der Waals surface area contributed by atoms with Crippen LogP contribution in [0.2, 0.25) is 0 Å². The van der Waals surface area contributed by atoms with Gasteiger partial charge in [-0.3, -0.25) is 0 Å². The highest BCUT2D eigenvalue weighted by Crippen LogP contribution is 2.36. The molecule has 3 unspecified atom stereocenters. The van der Waals surface area contributed by atoms with Gasteiger partial charge in [0.25, 0.3) is 0 Å². The smallest absolute Gasteiger partial charge is 0.0524 e. The molecule has 0 saturated heterocycles. The summed E-state index contributed by atoms with van der Waals surface area (Å²) >= 11 is 0. The highest BCUT2D eigenvalue weighted by Gasteiger charge is 2.23. The van der Waals surface area contributed by atoms with Gasteiger partial charge in [0.1, 0.15) is 0 Å². The van der Waals surface area contributed by atoms with E-state index in [1.807, 2.05) is 6.92 Å². The molecular weight excluding hydrogens is 210 g/mol.